The third-order valence-electron chi connectivity index (χ3n) is 11.8. The number of hydrogen-bond acceptors (Lipinski definition) is 2. The molecule has 0 N–H and O–H groups in total. The highest BCUT2D eigenvalue weighted by Crippen LogP contribution is 2.44. The lowest BCUT2D eigenvalue weighted by molar-refractivity contribution is -0.138. The maximum Gasteiger partial charge on any atom is 0.416 e. The molecule has 0 spiro atoms. The van der Waals surface area contributed by atoms with Crippen LogP contribution >= 0.6 is 0 Å². The van der Waals surface area contributed by atoms with Crippen molar-refractivity contribution < 1.29 is 26.3 Å². The van der Waals surface area contributed by atoms with Gasteiger partial charge in [-0.1, -0.05) is 115 Å². The Balaban J connectivity index is 1.24. The molecule has 4 nitrogen and oxygen atoms in total. The molecule has 0 aliphatic rings. The van der Waals surface area contributed by atoms with Crippen molar-refractivity contribution in [2.24, 2.45) is 0 Å². The van der Waals surface area contributed by atoms with Gasteiger partial charge in [0.25, 0.3) is 0 Å². The summed E-state index contributed by atoms with van der Waals surface area (Å²) in [5.41, 5.74) is 7.13. The summed E-state index contributed by atoms with van der Waals surface area (Å²) in [5.74, 6) is 0.425. The molecule has 0 saturated carbocycles. The number of halogens is 6. The molecular formula is C54H32F6N4. The number of rotatable bonds is 6. The summed E-state index contributed by atoms with van der Waals surface area (Å²) in [6, 6.07) is 57.7. The molecule has 11 aromatic rings. The fraction of sp³-hybridized carbons (Fsp3) is 0.0370. The third-order valence-corrected chi connectivity index (χ3v) is 11.8. The Labute approximate surface area is 362 Å². The molecule has 11 rings (SSSR count). The Morgan fingerprint density at radius 2 is 0.766 bits per heavy atom. The first-order valence-electron chi connectivity index (χ1n) is 20.5. The van der Waals surface area contributed by atoms with Crippen LogP contribution in [0.5, 0.6) is 0 Å². The minimum absolute atomic E-state index is 0.0352. The average Bonchev–Trinajstić information content (AvgIpc) is 3.83. The third kappa shape index (κ3) is 6.57. The van der Waals surface area contributed by atoms with E-state index in [0.29, 0.717) is 45.1 Å². The van der Waals surface area contributed by atoms with Gasteiger partial charge in [-0.15, -0.1) is 0 Å². The predicted molar refractivity (Wildman–Crippen MR) is 242 cm³/mol. The van der Waals surface area contributed by atoms with Gasteiger partial charge in [0.2, 0.25) is 0 Å². The molecular weight excluding hydrogens is 819 g/mol. The van der Waals surface area contributed by atoms with Gasteiger partial charge in [0, 0.05) is 49.4 Å². The topological polar surface area (TPSA) is 35.6 Å². The van der Waals surface area contributed by atoms with Gasteiger partial charge in [-0.2, -0.15) is 26.3 Å². The van der Waals surface area contributed by atoms with E-state index in [1.165, 1.54) is 12.1 Å². The minimum Gasteiger partial charge on any atom is -0.309 e. The molecule has 3 heterocycles. The first-order chi connectivity index (χ1) is 31.0. The summed E-state index contributed by atoms with van der Waals surface area (Å²) in [6.45, 7) is 0. The number of fused-ring (bicyclic) bond motifs is 6. The Bertz CT molecular complexity index is 3400. The van der Waals surface area contributed by atoms with Crippen molar-refractivity contribution in [3.63, 3.8) is 0 Å². The first-order valence-corrected chi connectivity index (χ1v) is 20.5. The summed E-state index contributed by atoms with van der Waals surface area (Å²) in [7, 11) is 0. The van der Waals surface area contributed by atoms with Crippen LogP contribution in [-0.2, 0) is 12.4 Å². The van der Waals surface area contributed by atoms with E-state index in [4.69, 9.17) is 9.97 Å². The molecule has 0 aliphatic carbocycles. The van der Waals surface area contributed by atoms with Crippen LogP contribution in [0, 0.1) is 0 Å². The van der Waals surface area contributed by atoms with Gasteiger partial charge in [0.15, 0.2) is 5.82 Å². The van der Waals surface area contributed by atoms with E-state index >= 15 is 0 Å². The van der Waals surface area contributed by atoms with E-state index in [0.717, 1.165) is 68.4 Å². The van der Waals surface area contributed by atoms with E-state index in [9.17, 15) is 26.3 Å². The van der Waals surface area contributed by atoms with Gasteiger partial charge in [0.05, 0.1) is 56.0 Å². The highest BCUT2D eigenvalue weighted by molar-refractivity contribution is 6.12. The molecule has 8 aromatic carbocycles. The lowest BCUT2D eigenvalue weighted by Crippen LogP contribution is -2.05. The highest BCUT2D eigenvalue weighted by atomic mass is 19.4. The monoisotopic (exact) mass is 850 g/mol. The Morgan fingerprint density at radius 1 is 0.328 bits per heavy atom. The van der Waals surface area contributed by atoms with Crippen LogP contribution in [0.2, 0.25) is 0 Å². The molecule has 10 heteroatoms. The molecule has 310 valence electrons. The Kier molecular flexibility index (Phi) is 9.02. The lowest BCUT2D eigenvalue weighted by Gasteiger charge is -2.20. The minimum atomic E-state index is -4.73. The van der Waals surface area contributed by atoms with E-state index in [1.54, 1.807) is 4.57 Å². The molecule has 0 bridgehead atoms. The van der Waals surface area contributed by atoms with Crippen LogP contribution in [-0.4, -0.2) is 19.1 Å². The fourth-order valence-corrected chi connectivity index (χ4v) is 8.89. The van der Waals surface area contributed by atoms with Gasteiger partial charge in [-0.3, -0.25) is 0 Å². The van der Waals surface area contributed by atoms with Crippen molar-refractivity contribution in [2.75, 3.05) is 0 Å². The smallest absolute Gasteiger partial charge is 0.309 e. The van der Waals surface area contributed by atoms with Crippen molar-refractivity contribution in [3.05, 3.63) is 205 Å². The second-order valence-corrected chi connectivity index (χ2v) is 15.6. The molecule has 3 aromatic heterocycles. The normalized spacial score (nSPS) is 12.2. The van der Waals surface area contributed by atoms with Crippen LogP contribution in [0.1, 0.15) is 11.1 Å². The van der Waals surface area contributed by atoms with E-state index < -0.39 is 23.5 Å². The van der Waals surface area contributed by atoms with Crippen LogP contribution in [0.25, 0.3) is 100 Å². The zero-order valence-electron chi connectivity index (χ0n) is 33.5. The van der Waals surface area contributed by atoms with Crippen molar-refractivity contribution in [2.45, 2.75) is 12.4 Å². The summed E-state index contributed by atoms with van der Waals surface area (Å²) in [6.07, 6.45) is -9.46. The van der Waals surface area contributed by atoms with Crippen molar-refractivity contribution >= 4 is 43.6 Å². The number of alkyl halides is 6. The number of hydrogen-bond donors (Lipinski definition) is 0. The summed E-state index contributed by atoms with van der Waals surface area (Å²) in [5, 5.41) is 2.16. The summed E-state index contributed by atoms with van der Waals surface area (Å²) in [4.78, 5) is 10.2. The van der Waals surface area contributed by atoms with Crippen LogP contribution < -0.4 is 0 Å². The largest absolute Gasteiger partial charge is 0.416 e. The molecule has 0 aliphatic heterocycles. The first kappa shape index (κ1) is 38.9. The van der Waals surface area contributed by atoms with Gasteiger partial charge >= 0.3 is 12.4 Å². The maximum absolute atomic E-state index is 14.3. The summed E-state index contributed by atoms with van der Waals surface area (Å²) >= 11 is 0. The molecule has 0 fully saturated rings. The Hall–Kier alpha value is -7.98. The molecule has 0 atom stereocenters. The second kappa shape index (κ2) is 14.8. The quantitative estimate of drug-likeness (QED) is 0.156. The van der Waals surface area contributed by atoms with Gasteiger partial charge in [0.1, 0.15) is 0 Å². The molecule has 0 radical (unpaired) electrons. The predicted octanol–water partition coefficient (Wildman–Crippen LogP) is 15.4. The van der Waals surface area contributed by atoms with Crippen LogP contribution in [0.3, 0.4) is 0 Å². The Morgan fingerprint density at radius 3 is 1.28 bits per heavy atom. The zero-order chi connectivity index (χ0) is 43.7. The van der Waals surface area contributed by atoms with E-state index in [2.05, 4.69) is 28.8 Å². The van der Waals surface area contributed by atoms with Crippen molar-refractivity contribution in [1.82, 2.24) is 19.1 Å². The average molecular weight is 851 g/mol. The second-order valence-electron chi connectivity index (χ2n) is 15.6. The number of nitrogens with zero attached hydrogens (tertiary/aromatic N) is 4. The molecule has 0 amide bonds. The standard InChI is InChI=1S/C54H32F6N4/c55-53(56,57)36-24-27-50-42(30-36)43-31-37(54(58,59)60)25-28-51(43)64(50)49-26-23-35(52-61-44(33-13-3-1-4-14-33)32-45(62-52)34-15-5-2-6-16-34)29-41(49)40-19-9-12-22-48(40)63-46-20-10-7-17-38(46)39-18-8-11-21-47(39)63/h1-32H. The zero-order valence-corrected chi connectivity index (χ0v) is 33.5. The van der Waals surface area contributed by atoms with Crippen LogP contribution in [0.4, 0.5) is 26.3 Å². The van der Waals surface area contributed by atoms with E-state index in [-0.39, 0.29) is 10.8 Å². The molecule has 0 unspecified atom stereocenters. The van der Waals surface area contributed by atoms with Crippen LogP contribution in [0.15, 0.2) is 194 Å². The van der Waals surface area contributed by atoms with E-state index in [1.807, 2.05) is 133 Å². The number of para-hydroxylation sites is 3. The highest BCUT2D eigenvalue weighted by Gasteiger charge is 2.34. The maximum atomic E-state index is 14.3. The van der Waals surface area contributed by atoms with Crippen molar-refractivity contribution in [3.8, 4) is 56.4 Å². The van der Waals surface area contributed by atoms with Gasteiger partial charge in [-0.05, 0) is 78.9 Å². The SMILES string of the molecule is FC(F)(F)c1ccc2c(c1)c1cc(C(F)(F)F)ccc1n2-c1ccc(-c2nc(-c3ccccc3)cc(-c3ccccc3)n2)cc1-c1ccccc1-n1c2ccccc2c2ccccc21. The van der Waals surface area contributed by atoms with Crippen molar-refractivity contribution in [1.29, 1.82) is 0 Å². The fourth-order valence-electron chi connectivity index (χ4n) is 8.89. The number of benzene rings is 8. The van der Waals surface area contributed by atoms with Gasteiger partial charge < -0.3 is 9.13 Å². The number of aromatic nitrogens is 4. The lowest BCUT2D eigenvalue weighted by atomic mass is 9.97. The molecule has 64 heavy (non-hydrogen) atoms. The molecule has 0 saturated heterocycles. The van der Waals surface area contributed by atoms with Gasteiger partial charge in [-0.25, -0.2) is 9.97 Å². The summed E-state index contributed by atoms with van der Waals surface area (Å²) < 4.78 is 89.6.